The van der Waals surface area contributed by atoms with E-state index in [2.05, 4.69) is 75.3 Å². The highest BCUT2D eigenvalue weighted by atomic mass is 35.5. The van der Waals surface area contributed by atoms with E-state index in [-0.39, 0.29) is 24.8 Å². The van der Waals surface area contributed by atoms with Crippen molar-refractivity contribution < 1.29 is 34.0 Å². The standard InChI is InChI=1S/C10H24N4.2ClH/c1-11(2)9(12(3)4)10(13(5)6)14(7)8;;/h1-8H3;2*1H/q+2;;/p-2. The summed E-state index contributed by atoms with van der Waals surface area (Å²) in [5, 5.41) is 0. The normalized spacial score (nSPS) is 8.25. The van der Waals surface area contributed by atoms with Crippen LogP contribution < -0.4 is 24.8 Å². The maximum Gasteiger partial charge on any atom is 0.361 e. The molecule has 0 unspecified atom stereocenters. The van der Waals surface area contributed by atoms with Crippen molar-refractivity contribution in [3.63, 3.8) is 0 Å². The van der Waals surface area contributed by atoms with Crippen molar-refractivity contribution >= 4 is 11.7 Å². The largest absolute Gasteiger partial charge is 1.00 e. The lowest BCUT2D eigenvalue weighted by Crippen LogP contribution is -3.00. The molecule has 16 heavy (non-hydrogen) atoms. The molecule has 0 aliphatic heterocycles. The topological polar surface area (TPSA) is 12.5 Å². The molecule has 0 bridgehead atoms. The molecule has 0 rings (SSSR count). The van der Waals surface area contributed by atoms with E-state index < -0.39 is 0 Å². The molecule has 4 nitrogen and oxygen atoms in total. The summed E-state index contributed by atoms with van der Waals surface area (Å²) in [4.78, 5) is 4.24. The van der Waals surface area contributed by atoms with E-state index in [4.69, 9.17) is 0 Å². The summed E-state index contributed by atoms with van der Waals surface area (Å²) in [6.45, 7) is 0. The first-order chi connectivity index (χ1) is 6.29. The number of halogens is 2. The Labute approximate surface area is 112 Å². The molecule has 0 N–H and O–H groups in total. The molecule has 0 spiro atoms. The van der Waals surface area contributed by atoms with Crippen LogP contribution in [0.3, 0.4) is 0 Å². The first-order valence-electron chi connectivity index (χ1n) is 4.72. The summed E-state index contributed by atoms with van der Waals surface area (Å²) >= 11 is 0. The maximum absolute atomic E-state index is 2.12. The Morgan fingerprint density at radius 3 is 0.875 bits per heavy atom. The average molecular weight is 271 g/mol. The Morgan fingerprint density at radius 2 is 0.812 bits per heavy atom. The first kappa shape index (κ1) is 20.9. The van der Waals surface area contributed by atoms with Crippen molar-refractivity contribution in [3.05, 3.63) is 0 Å². The van der Waals surface area contributed by atoms with Crippen molar-refractivity contribution in [1.82, 2.24) is 9.80 Å². The molecule has 0 aromatic rings. The van der Waals surface area contributed by atoms with E-state index in [0.717, 1.165) is 0 Å². The third-order valence-corrected chi connectivity index (χ3v) is 1.89. The lowest BCUT2D eigenvalue weighted by Gasteiger charge is -2.15. The molecular formula is C10H24Cl2N4. The monoisotopic (exact) mass is 270 g/mol. The molecule has 0 amide bonds. The van der Waals surface area contributed by atoms with Gasteiger partial charge in [0, 0.05) is 0 Å². The molecule has 0 fully saturated rings. The van der Waals surface area contributed by atoms with Crippen molar-refractivity contribution in [3.8, 4) is 0 Å². The van der Waals surface area contributed by atoms with E-state index >= 15 is 0 Å². The number of rotatable bonds is 0. The van der Waals surface area contributed by atoms with Gasteiger partial charge in [-0.25, -0.2) is 0 Å². The number of hydrogen-bond acceptors (Lipinski definition) is 0. The fourth-order valence-corrected chi connectivity index (χ4v) is 1.60. The minimum atomic E-state index is 0. The van der Waals surface area contributed by atoms with Crippen LogP contribution in [0, 0.1) is 0 Å². The minimum absolute atomic E-state index is 0. The zero-order valence-electron chi connectivity index (χ0n) is 11.5. The summed E-state index contributed by atoms with van der Waals surface area (Å²) in [5.41, 5.74) is 0. The number of amidine groups is 2. The number of hydrogen-bond donors (Lipinski definition) is 0. The summed E-state index contributed by atoms with van der Waals surface area (Å²) in [5.74, 6) is 2.39. The van der Waals surface area contributed by atoms with E-state index in [9.17, 15) is 0 Å². The van der Waals surface area contributed by atoms with Gasteiger partial charge in [0.1, 0.15) is 0 Å². The fraction of sp³-hybridized carbons (Fsp3) is 0.800. The van der Waals surface area contributed by atoms with Crippen molar-refractivity contribution in [2.45, 2.75) is 0 Å². The molecule has 0 aromatic carbocycles. The highest BCUT2D eigenvalue weighted by Gasteiger charge is 2.29. The Bertz CT molecular complexity index is 234. The van der Waals surface area contributed by atoms with Crippen molar-refractivity contribution in [1.29, 1.82) is 0 Å². The Morgan fingerprint density at radius 1 is 0.625 bits per heavy atom. The van der Waals surface area contributed by atoms with Gasteiger partial charge in [0.2, 0.25) is 0 Å². The van der Waals surface area contributed by atoms with Crippen LogP contribution in [0.1, 0.15) is 0 Å². The van der Waals surface area contributed by atoms with Crippen LogP contribution in [0.25, 0.3) is 0 Å². The lowest BCUT2D eigenvalue weighted by atomic mass is 10.4. The number of likely N-dealkylation sites (N-methyl/N-ethyl adjacent to an activating group) is 2. The first-order valence-corrected chi connectivity index (χ1v) is 4.72. The van der Waals surface area contributed by atoms with E-state index in [1.54, 1.807) is 0 Å². The van der Waals surface area contributed by atoms with Crippen molar-refractivity contribution in [2.24, 2.45) is 0 Å². The molecule has 0 aromatic heterocycles. The third kappa shape index (κ3) is 5.56. The minimum Gasteiger partial charge on any atom is -1.00 e. The summed E-state index contributed by atoms with van der Waals surface area (Å²) < 4.78 is 4.24. The average Bonchev–Trinajstić information content (AvgIpc) is 1.96. The van der Waals surface area contributed by atoms with Crippen molar-refractivity contribution in [2.75, 3.05) is 56.4 Å². The highest BCUT2D eigenvalue weighted by Crippen LogP contribution is 1.91. The van der Waals surface area contributed by atoms with Gasteiger partial charge in [-0.05, 0) is 0 Å². The zero-order valence-corrected chi connectivity index (χ0v) is 13.1. The highest BCUT2D eigenvalue weighted by molar-refractivity contribution is 6.35. The molecule has 0 saturated carbocycles. The molecule has 0 atom stereocenters. The van der Waals surface area contributed by atoms with E-state index in [1.165, 1.54) is 11.7 Å². The maximum atomic E-state index is 2.12. The third-order valence-electron chi connectivity index (χ3n) is 1.89. The molecule has 0 aliphatic carbocycles. The SMILES string of the molecule is CN(C)C(C(N(C)C)=[N+](C)C)=[N+](C)C.[Cl-].[Cl-]. The van der Waals surface area contributed by atoms with E-state index in [0.29, 0.717) is 0 Å². The van der Waals surface area contributed by atoms with Crippen LogP contribution in [-0.4, -0.2) is 87.0 Å². The second kappa shape index (κ2) is 8.65. The van der Waals surface area contributed by atoms with Crippen LogP contribution in [0.4, 0.5) is 0 Å². The van der Waals surface area contributed by atoms with Crippen LogP contribution in [0.2, 0.25) is 0 Å². The van der Waals surface area contributed by atoms with Gasteiger partial charge in [0.25, 0.3) is 0 Å². The van der Waals surface area contributed by atoms with Gasteiger partial charge in [-0.3, -0.25) is 19.0 Å². The molecular weight excluding hydrogens is 247 g/mol. The van der Waals surface area contributed by atoms with Gasteiger partial charge in [-0.15, -0.1) is 0 Å². The molecule has 98 valence electrons. The lowest BCUT2D eigenvalue weighted by molar-refractivity contribution is -0.485. The molecule has 6 heteroatoms. The summed E-state index contributed by atoms with van der Waals surface area (Å²) in [6, 6.07) is 0. The summed E-state index contributed by atoms with van der Waals surface area (Å²) in [7, 11) is 16.5. The second-order valence-electron chi connectivity index (χ2n) is 4.22. The van der Waals surface area contributed by atoms with Crippen LogP contribution >= 0.6 is 0 Å². The molecule has 0 aliphatic rings. The smallest absolute Gasteiger partial charge is 0.361 e. The molecule has 0 heterocycles. The van der Waals surface area contributed by atoms with Crippen LogP contribution in [0.5, 0.6) is 0 Å². The van der Waals surface area contributed by atoms with Gasteiger partial charge in [0.05, 0.1) is 56.4 Å². The van der Waals surface area contributed by atoms with Gasteiger partial charge in [0.15, 0.2) is 0 Å². The van der Waals surface area contributed by atoms with Gasteiger partial charge in [-0.1, -0.05) is 0 Å². The van der Waals surface area contributed by atoms with Gasteiger partial charge in [-0.2, -0.15) is 0 Å². The molecule has 0 radical (unpaired) electrons. The Hall–Kier alpha value is -0.480. The Balaban J connectivity index is -0.000000845. The zero-order chi connectivity index (χ0) is 11.5. The fourth-order valence-electron chi connectivity index (χ4n) is 1.60. The quantitative estimate of drug-likeness (QED) is 0.247. The van der Waals surface area contributed by atoms with Gasteiger partial charge >= 0.3 is 11.7 Å². The summed E-state index contributed by atoms with van der Waals surface area (Å²) in [6.07, 6.45) is 0. The number of nitrogens with zero attached hydrogens (tertiary/aromatic N) is 4. The predicted molar refractivity (Wildman–Crippen MR) is 61.6 cm³/mol. The Kier molecular flexibility index (Phi) is 11.3. The van der Waals surface area contributed by atoms with Gasteiger partial charge < -0.3 is 24.8 Å². The molecule has 0 saturated heterocycles. The predicted octanol–water partition coefficient (Wildman–Crippen LogP) is -6.54. The van der Waals surface area contributed by atoms with Crippen LogP contribution in [0.15, 0.2) is 0 Å². The van der Waals surface area contributed by atoms with Crippen LogP contribution in [-0.2, 0) is 0 Å². The second-order valence-corrected chi connectivity index (χ2v) is 4.22. The van der Waals surface area contributed by atoms with E-state index in [1.807, 2.05) is 0 Å².